The average Bonchev–Trinajstić information content (AvgIpc) is 3.43. The predicted octanol–water partition coefficient (Wildman–Crippen LogP) is 2.76. The van der Waals surface area contributed by atoms with E-state index in [-0.39, 0.29) is 11.9 Å². The van der Waals surface area contributed by atoms with E-state index >= 15 is 0 Å². The molecule has 5 heteroatoms. The smallest absolute Gasteiger partial charge is 0.185 e. The van der Waals surface area contributed by atoms with Crippen LogP contribution < -0.4 is 9.47 Å². The number of carbonyl (C=O) groups excluding carboxylic acids is 1. The minimum absolute atomic E-state index is 0.0722. The third kappa shape index (κ3) is 4.17. The summed E-state index contributed by atoms with van der Waals surface area (Å²) in [6, 6.07) is 8.91. The molecule has 0 radical (unpaired) electrons. The molecule has 2 heterocycles. The molecular formula is C18H17NO4. The SMILES string of the molecule is COc1ccc(/C=C/C(=O)c2ccncc2)cc1OCC1CO1. The number of hydrogen-bond donors (Lipinski definition) is 0. The number of aromatic nitrogens is 1. The van der Waals surface area contributed by atoms with Crippen molar-refractivity contribution < 1.29 is 19.0 Å². The largest absolute Gasteiger partial charge is 0.493 e. The molecule has 0 saturated carbocycles. The Morgan fingerprint density at radius 3 is 2.78 bits per heavy atom. The van der Waals surface area contributed by atoms with Crippen molar-refractivity contribution in [1.82, 2.24) is 4.98 Å². The fraction of sp³-hybridized carbons (Fsp3) is 0.222. The van der Waals surface area contributed by atoms with Crippen molar-refractivity contribution in [2.45, 2.75) is 6.10 Å². The van der Waals surface area contributed by atoms with Crippen LogP contribution in [0.4, 0.5) is 0 Å². The van der Waals surface area contributed by atoms with Gasteiger partial charge in [0.15, 0.2) is 17.3 Å². The highest BCUT2D eigenvalue weighted by Crippen LogP contribution is 2.29. The van der Waals surface area contributed by atoms with E-state index in [0.29, 0.717) is 23.7 Å². The van der Waals surface area contributed by atoms with Crippen molar-refractivity contribution in [3.05, 3.63) is 59.9 Å². The molecular weight excluding hydrogens is 294 g/mol. The maximum atomic E-state index is 12.1. The minimum atomic E-state index is -0.0722. The van der Waals surface area contributed by atoms with Crippen molar-refractivity contribution in [1.29, 1.82) is 0 Å². The molecule has 23 heavy (non-hydrogen) atoms. The zero-order valence-electron chi connectivity index (χ0n) is 12.8. The maximum absolute atomic E-state index is 12.1. The van der Waals surface area contributed by atoms with Crippen LogP contribution in [0.3, 0.4) is 0 Å². The average molecular weight is 311 g/mol. The van der Waals surface area contributed by atoms with Gasteiger partial charge in [-0.05, 0) is 35.9 Å². The van der Waals surface area contributed by atoms with Gasteiger partial charge in [-0.1, -0.05) is 12.1 Å². The zero-order chi connectivity index (χ0) is 16.1. The first kappa shape index (κ1) is 15.2. The van der Waals surface area contributed by atoms with E-state index in [4.69, 9.17) is 14.2 Å². The van der Waals surface area contributed by atoms with Gasteiger partial charge in [0.2, 0.25) is 0 Å². The third-order valence-corrected chi connectivity index (χ3v) is 3.41. The Balaban J connectivity index is 1.72. The van der Waals surface area contributed by atoms with Crippen LogP contribution in [0.15, 0.2) is 48.8 Å². The van der Waals surface area contributed by atoms with Crippen LogP contribution in [0.2, 0.25) is 0 Å². The lowest BCUT2D eigenvalue weighted by molar-refractivity contribution is 0.104. The van der Waals surface area contributed by atoms with Gasteiger partial charge in [-0.3, -0.25) is 9.78 Å². The van der Waals surface area contributed by atoms with Gasteiger partial charge < -0.3 is 14.2 Å². The van der Waals surface area contributed by atoms with Crippen molar-refractivity contribution in [2.24, 2.45) is 0 Å². The number of benzene rings is 1. The molecule has 2 aromatic rings. The van der Waals surface area contributed by atoms with E-state index in [1.807, 2.05) is 18.2 Å². The lowest BCUT2D eigenvalue weighted by Crippen LogP contribution is -2.05. The summed E-state index contributed by atoms with van der Waals surface area (Å²) in [7, 11) is 1.60. The number of carbonyl (C=O) groups is 1. The van der Waals surface area contributed by atoms with Gasteiger partial charge in [-0.25, -0.2) is 0 Å². The molecule has 118 valence electrons. The monoisotopic (exact) mass is 311 g/mol. The van der Waals surface area contributed by atoms with E-state index in [1.165, 1.54) is 6.08 Å². The number of hydrogen-bond acceptors (Lipinski definition) is 5. The number of methoxy groups -OCH3 is 1. The molecule has 0 N–H and O–H groups in total. The molecule has 1 fully saturated rings. The van der Waals surface area contributed by atoms with Crippen LogP contribution >= 0.6 is 0 Å². The van der Waals surface area contributed by atoms with E-state index in [2.05, 4.69) is 4.98 Å². The Morgan fingerprint density at radius 1 is 1.30 bits per heavy atom. The van der Waals surface area contributed by atoms with Crippen molar-refractivity contribution >= 4 is 11.9 Å². The Kier molecular flexibility index (Phi) is 4.68. The normalized spacial score (nSPS) is 16.3. The van der Waals surface area contributed by atoms with Crippen molar-refractivity contribution in [3.63, 3.8) is 0 Å². The van der Waals surface area contributed by atoms with Gasteiger partial charge in [0.1, 0.15) is 12.7 Å². The number of allylic oxidation sites excluding steroid dienone is 1. The summed E-state index contributed by atoms with van der Waals surface area (Å²) in [5, 5.41) is 0. The fourth-order valence-corrected chi connectivity index (χ4v) is 2.04. The molecule has 1 atom stereocenters. The van der Waals surface area contributed by atoms with Gasteiger partial charge >= 0.3 is 0 Å². The molecule has 0 bridgehead atoms. The zero-order valence-corrected chi connectivity index (χ0v) is 12.8. The molecule has 1 aromatic carbocycles. The van der Waals surface area contributed by atoms with Gasteiger partial charge in [0.25, 0.3) is 0 Å². The van der Waals surface area contributed by atoms with E-state index in [9.17, 15) is 4.79 Å². The highest BCUT2D eigenvalue weighted by Gasteiger charge is 2.23. The van der Waals surface area contributed by atoms with Gasteiger partial charge in [0.05, 0.1) is 13.7 Å². The summed E-state index contributed by atoms with van der Waals surface area (Å²) < 4.78 is 16.1. The molecule has 1 unspecified atom stereocenters. The lowest BCUT2D eigenvalue weighted by atomic mass is 10.1. The number of epoxide rings is 1. The Labute approximate surface area is 134 Å². The second-order valence-corrected chi connectivity index (χ2v) is 5.11. The van der Waals surface area contributed by atoms with E-state index in [1.54, 1.807) is 37.7 Å². The van der Waals surface area contributed by atoms with Crippen LogP contribution in [0.25, 0.3) is 6.08 Å². The first-order valence-corrected chi connectivity index (χ1v) is 7.31. The van der Waals surface area contributed by atoms with Crippen molar-refractivity contribution in [3.8, 4) is 11.5 Å². The van der Waals surface area contributed by atoms with E-state index in [0.717, 1.165) is 12.2 Å². The third-order valence-electron chi connectivity index (χ3n) is 3.41. The summed E-state index contributed by atoms with van der Waals surface area (Å²) in [6.07, 6.45) is 6.65. The topological polar surface area (TPSA) is 61.0 Å². The molecule has 0 aliphatic carbocycles. The summed E-state index contributed by atoms with van der Waals surface area (Å²) in [4.78, 5) is 16.0. The lowest BCUT2D eigenvalue weighted by Gasteiger charge is -2.10. The highest BCUT2D eigenvalue weighted by molar-refractivity contribution is 6.06. The Hall–Kier alpha value is -2.66. The van der Waals surface area contributed by atoms with Gasteiger partial charge in [0, 0.05) is 18.0 Å². The quantitative estimate of drug-likeness (QED) is 0.447. The molecule has 1 aromatic heterocycles. The van der Waals surface area contributed by atoms with Crippen LogP contribution in [0, 0.1) is 0 Å². The van der Waals surface area contributed by atoms with Crippen LogP contribution in [0.5, 0.6) is 11.5 Å². The van der Waals surface area contributed by atoms with E-state index < -0.39 is 0 Å². The second kappa shape index (κ2) is 7.07. The first-order valence-electron chi connectivity index (χ1n) is 7.31. The summed E-state index contributed by atoms with van der Waals surface area (Å²) >= 11 is 0. The molecule has 1 saturated heterocycles. The Morgan fingerprint density at radius 2 is 2.09 bits per heavy atom. The van der Waals surface area contributed by atoms with Crippen LogP contribution in [-0.2, 0) is 4.74 Å². The maximum Gasteiger partial charge on any atom is 0.185 e. The van der Waals surface area contributed by atoms with Crippen molar-refractivity contribution in [2.75, 3.05) is 20.3 Å². The van der Waals surface area contributed by atoms with Crippen LogP contribution in [-0.4, -0.2) is 37.2 Å². The van der Waals surface area contributed by atoms with Gasteiger partial charge in [-0.15, -0.1) is 0 Å². The summed E-state index contributed by atoms with van der Waals surface area (Å²) in [6.45, 7) is 1.24. The number of nitrogens with zero attached hydrogens (tertiary/aromatic N) is 1. The molecule has 5 nitrogen and oxygen atoms in total. The number of rotatable bonds is 7. The molecule has 1 aliphatic heterocycles. The standard InChI is InChI=1S/C18H17NO4/c1-21-17-5-3-13(10-18(17)23-12-15-11-22-15)2-4-16(20)14-6-8-19-9-7-14/h2-10,15H,11-12H2,1H3/b4-2+. The summed E-state index contributed by atoms with van der Waals surface area (Å²) in [5.74, 6) is 1.22. The second-order valence-electron chi connectivity index (χ2n) is 5.11. The number of pyridine rings is 1. The predicted molar refractivity (Wildman–Crippen MR) is 85.8 cm³/mol. The number of ketones is 1. The molecule has 0 amide bonds. The first-order chi connectivity index (χ1) is 11.3. The molecule has 0 spiro atoms. The molecule has 1 aliphatic rings. The summed E-state index contributed by atoms with van der Waals surface area (Å²) in [5.41, 5.74) is 1.46. The Bertz CT molecular complexity index is 708. The van der Waals surface area contributed by atoms with Gasteiger partial charge in [-0.2, -0.15) is 0 Å². The fourth-order valence-electron chi connectivity index (χ4n) is 2.04. The van der Waals surface area contributed by atoms with Crippen LogP contribution in [0.1, 0.15) is 15.9 Å². The highest BCUT2D eigenvalue weighted by atomic mass is 16.6. The number of ether oxygens (including phenoxy) is 3. The molecule has 3 rings (SSSR count). The minimum Gasteiger partial charge on any atom is -0.493 e.